The molecule has 1 saturated heterocycles. The monoisotopic (exact) mass is 480 g/mol. The number of rotatable bonds is 4. The molecule has 2 N–H and O–H groups in total. The van der Waals surface area contributed by atoms with Crippen molar-refractivity contribution in [3.8, 4) is 0 Å². The fourth-order valence-electron chi connectivity index (χ4n) is 3.51. The van der Waals surface area contributed by atoms with Crippen molar-refractivity contribution >= 4 is 56.7 Å². The summed E-state index contributed by atoms with van der Waals surface area (Å²) in [4.78, 5) is 31.9. The minimum Gasteiger partial charge on any atom is -0.341 e. The van der Waals surface area contributed by atoms with Gasteiger partial charge in [-0.3, -0.25) is 14.3 Å². The summed E-state index contributed by atoms with van der Waals surface area (Å²) in [6.45, 7) is 1.33. The number of hydrogen-bond donors (Lipinski definition) is 2. The molecule has 0 radical (unpaired) electrons. The van der Waals surface area contributed by atoms with E-state index in [1.165, 1.54) is 30.5 Å². The third kappa shape index (κ3) is 4.97. The van der Waals surface area contributed by atoms with Crippen LogP contribution in [0.15, 0.2) is 46.3 Å². The van der Waals surface area contributed by atoms with Gasteiger partial charge >= 0.3 is 0 Å². The topological polar surface area (TPSA) is 108 Å². The maximum Gasteiger partial charge on any atom is 0.263 e. The first kappa shape index (κ1) is 21.9. The molecule has 1 atom stereocenters. The summed E-state index contributed by atoms with van der Waals surface area (Å²) in [5, 5.41) is 2.22. The summed E-state index contributed by atoms with van der Waals surface area (Å²) in [6, 6.07) is 7.40. The summed E-state index contributed by atoms with van der Waals surface area (Å²) in [6.07, 6.45) is 5.40. The summed E-state index contributed by atoms with van der Waals surface area (Å²) < 4.78 is 27.8. The number of carbonyl (C=O) groups excluding carboxylic acids is 2. The molecule has 31 heavy (non-hydrogen) atoms. The summed E-state index contributed by atoms with van der Waals surface area (Å²) in [7, 11) is -3.92. The van der Waals surface area contributed by atoms with Crippen LogP contribution < -0.4 is 10.0 Å². The number of hydrogen-bond acceptors (Lipinski definition) is 6. The molecule has 2 aromatic rings. The maximum absolute atomic E-state index is 12.9. The lowest BCUT2D eigenvalue weighted by molar-refractivity contribution is -0.133. The number of anilines is 2. The number of halogens is 1. The molecule has 1 fully saturated rings. The average molecular weight is 481 g/mol. The van der Waals surface area contributed by atoms with E-state index in [1.807, 2.05) is 0 Å². The van der Waals surface area contributed by atoms with Gasteiger partial charge in [0.2, 0.25) is 11.8 Å². The van der Waals surface area contributed by atoms with Crippen molar-refractivity contribution in [3.05, 3.63) is 41.6 Å². The molecule has 1 aromatic heterocycles. The third-order valence-corrected chi connectivity index (χ3v) is 7.95. The number of benzene rings is 1. The number of sulfonamides is 1. The lowest BCUT2D eigenvalue weighted by Crippen LogP contribution is -2.45. The molecule has 11 heteroatoms. The molecule has 164 valence electrons. The molecule has 2 amide bonds. The largest absolute Gasteiger partial charge is 0.341 e. The lowest BCUT2D eigenvalue weighted by atomic mass is 10.2. The zero-order valence-electron chi connectivity index (χ0n) is 16.5. The van der Waals surface area contributed by atoms with E-state index >= 15 is 0 Å². The predicted molar refractivity (Wildman–Crippen MR) is 120 cm³/mol. The van der Waals surface area contributed by atoms with E-state index < -0.39 is 21.2 Å². The van der Waals surface area contributed by atoms with Gasteiger partial charge in [0.15, 0.2) is 5.25 Å². The Morgan fingerprint density at radius 2 is 1.90 bits per heavy atom. The van der Waals surface area contributed by atoms with Crippen LogP contribution in [0.5, 0.6) is 0 Å². The molecule has 0 bridgehead atoms. The van der Waals surface area contributed by atoms with Gasteiger partial charge in [0.25, 0.3) is 10.0 Å². The number of thioether (sulfide) groups is 1. The Balaban J connectivity index is 1.52. The second-order valence-electron chi connectivity index (χ2n) is 7.35. The Morgan fingerprint density at radius 1 is 1.16 bits per heavy atom. The van der Waals surface area contributed by atoms with Gasteiger partial charge in [-0.05, 0) is 43.2 Å². The molecule has 4 rings (SSSR count). The van der Waals surface area contributed by atoms with Crippen molar-refractivity contribution in [3.63, 3.8) is 0 Å². The van der Waals surface area contributed by atoms with Gasteiger partial charge in [0, 0.05) is 24.2 Å². The van der Waals surface area contributed by atoms with Crippen LogP contribution in [0, 0.1) is 0 Å². The third-order valence-electron chi connectivity index (χ3n) is 5.11. The summed E-state index contributed by atoms with van der Waals surface area (Å²) in [5.41, 5.74) is 0.363. The lowest BCUT2D eigenvalue weighted by Gasteiger charge is -2.28. The second-order valence-corrected chi connectivity index (χ2v) is 10.6. The van der Waals surface area contributed by atoms with Crippen LogP contribution in [-0.2, 0) is 19.6 Å². The number of amides is 2. The van der Waals surface area contributed by atoms with Crippen molar-refractivity contribution < 1.29 is 18.0 Å². The van der Waals surface area contributed by atoms with Crippen molar-refractivity contribution in [1.29, 1.82) is 0 Å². The first-order valence-corrected chi connectivity index (χ1v) is 12.6. The van der Waals surface area contributed by atoms with Gasteiger partial charge in [-0.25, -0.2) is 13.4 Å². The molecule has 1 unspecified atom stereocenters. The number of fused-ring (bicyclic) bond motifs is 1. The van der Waals surface area contributed by atoms with Crippen LogP contribution >= 0.6 is 23.4 Å². The van der Waals surface area contributed by atoms with Crippen LogP contribution in [0.2, 0.25) is 5.02 Å². The van der Waals surface area contributed by atoms with Gasteiger partial charge in [-0.1, -0.05) is 24.4 Å². The van der Waals surface area contributed by atoms with E-state index in [1.54, 1.807) is 11.0 Å². The minimum atomic E-state index is -3.92. The Bertz CT molecular complexity index is 1100. The molecule has 0 saturated carbocycles. The highest BCUT2D eigenvalue weighted by Gasteiger charge is 2.36. The zero-order valence-corrected chi connectivity index (χ0v) is 18.9. The van der Waals surface area contributed by atoms with Gasteiger partial charge in [-0.2, -0.15) is 0 Å². The molecule has 8 nitrogen and oxygen atoms in total. The number of nitrogens with one attached hydrogen (secondary N) is 2. The Kier molecular flexibility index (Phi) is 6.40. The highest BCUT2D eigenvalue weighted by atomic mass is 35.5. The van der Waals surface area contributed by atoms with E-state index in [0.29, 0.717) is 28.7 Å². The van der Waals surface area contributed by atoms with E-state index in [0.717, 1.165) is 37.4 Å². The zero-order chi connectivity index (χ0) is 22.0. The molecule has 1 aromatic carbocycles. The van der Waals surface area contributed by atoms with Crippen molar-refractivity contribution in [2.75, 3.05) is 23.1 Å². The number of nitrogens with zero attached hydrogens (tertiary/aromatic N) is 2. The van der Waals surface area contributed by atoms with Crippen molar-refractivity contribution in [1.82, 2.24) is 9.88 Å². The van der Waals surface area contributed by atoms with E-state index in [9.17, 15) is 18.0 Å². The highest BCUT2D eigenvalue weighted by Crippen LogP contribution is 2.38. The Morgan fingerprint density at radius 3 is 2.58 bits per heavy atom. The standard InChI is InChI=1S/C20H21ClN4O4S2/c21-13-5-8-17(22-12-13)24-31(28,29)14-6-7-16-15(11-14)23-19(26)18(30-16)20(27)25-9-3-1-2-4-10-25/h5-8,11-12,18H,1-4,9-10H2,(H,22,24)(H,23,26). The van der Waals surface area contributed by atoms with Gasteiger partial charge in [0.1, 0.15) is 5.82 Å². The molecular formula is C20H21ClN4O4S2. The average Bonchev–Trinajstić information content (AvgIpc) is 3.03. The normalized spacial score (nSPS) is 19.2. The quantitative estimate of drug-likeness (QED) is 0.649. The highest BCUT2D eigenvalue weighted by molar-refractivity contribution is 8.01. The summed E-state index contributed by atoms with van der Waals surface area (Å²) >= 11 is 6.93. The van der Waals surface area contributed by atoms with Crippen molar-refractivity contribution in [2.45, 2.75) is 40.7 Å². The van der Waals surface area contributed by atoms with Gasteiger partial charge in [0.05, 0.1) is 15.6 Å². The first-order valence-electron chi connectivity index (χ1n) is 9.88. The van der Waals surface area contributed by atoms with Crippen LogP contribution in [0.4, 0.5) is 11.5 Å². The number of aromatic nitrogens is 1. The van der Waals surface area contributed by atoms with Crippen LogP contribution in [0.1, 0.15) is 25.7 Å². The van der Waals surface area contributed by atoms with E-state index in [2.05, 4.69) is 15.0 Å². The molecule has 3 heterocycles. The molecule has 2 aliphatic heterocycles. The fraction of sp³-hybridized carbons (Fsp3) is 0.350. The number of pyridine rings is 1. The van der Waals surface area contributed by atoms with E-state index in [-0.39, 0.29) is 16.6 Å². The summed E-state index contributed by atoms with van der Waals surface area (Å²) in [5.74, 6) is -0.500. The minimum absolute atomic E-state index is 0.0267. The Hall–Kier alpha value is -2.30. The van der Waals surface area contributed by atoms with E-state index in [4.69, 9.17) is 11.6 Å². The molecule has 0 spiro atoms. The van der Waals surface area contributed by atoms with Gasteiger partial charge < -0.3 is 10.2 Å². The Labute approximate surface area is 189 Å². The SMILES string of the molecule is O=C1Nc2cc(S(=O)(=O)Nc3ccc(Cl)cn3)ccc2SC1C(=O)N1CCCCCC1. The molecule has 0 aliphatic carbocycles. The first-order chi connectivity index (χ1) is 14.8. The van der Waals surface area contributed by atoms with Crippen LogP contribution in [0.25, 0.3) is 0 Å². The maximum atomic E-state index is 12.9. The predicted octanol–water partition coefficient (Wildman–Crippen LogP) is 3.35. The molecular weight excluding hydrogens is 460 g/mol. The molecule has 2 aliphatic rings. The smallest absolute Gasteiger partial charge is 0.263 e. The van der Waals surface area contributed by atoms with Crippen LogP contribution in [0.3, 0.4) is 0 Å². The second kappa shape index (κ2) is 9.05. The van der Waals surface area contributed by atoms with Crippen molar-refractivity contribution in [2.24, 2.45) is 0 Å². The number of carbonyl (C=O) groups is 2. The van der Waals surface area contributed by atoms with Gasteiger partial charge in [-0.15, -0.1) is 11.8 Å². The number of likely N-dealkylation sites (tertiary alicyclic amines) is 1. The fourth-order valence-corrected chi connectivity index (χ4v) is 5.71. The van der Waals surface area contributed by atoms with Crippen LogP contribution in [-0.4, -0.2) is 48.5 Å².